The molecule has 0 saturated carbocycles. The molecule has 0 atom stereocenters. The van der Waals surface area contributed by atoms with Gasteiger partial charge in [0.25, 0.3) is 0 Å². The van der Waals surface area contributed by atoms with Crippen LogP contribution in [0.25, 0.3) is 122 Å². The maximum atomic E-state index is 2.49. The highest BCUT2D eigenvalue weighted by Crippen LogP contribution is 2.44. The number of rotatable bonds is 8. The van der Waals surface area contributed by atoms with Crippen molar-refractivity contribution in [3.63, 3.8) is 0 Å². The molecule has 414 valence electrons. The fourth-order valence-electron chi connectivity index (χ4n) is 15.3. The number of benzene rings is 11. The van der Waals surface area contributed by atoms with Crippen molar-refractivity contribution in [2.75, 3.05) is 0 Å². The lowest BCUT2D eigenvalue weighted by Crippen LogP contribution is -1.98. The Morgan fingerprint density at radius 1 is 0.190 bits per heavy atom. The minimum absolute atomic E-state index is 1.17. The molecular weight excluding hydrogens is 1010 g/mol. The van der Waals surface area contributed by atoms with E-state index in [1.807, 2.05) is 0 Å². The molecule has 2 heteroatoms. The van der Waals surface area contributed by atoms with E-state index in [4.69, 9.17) is 0 Å². The first-order valence-electron chi connectivity index (χ1n) is 30.0. The lowest BCUT2D eigenvalue weighted by Gasteiger charge is -2.18. The SMILES string of the molecule is Cc1cc(C)c(-c2ccc3c(c2)c2cc(-c4c(C)cc(C)cc4C)ccc2n3-c2ccc(-c3cc(C)c(-c4ccc(-n5c6ccc(-c7c(C)cc(C)cc7C)cc6c6cc(-c7c(C)cc(C)cc7C)ccc65)cc4C)cc3C)c(C)c2)c(C)c1. The fourth-order valence-corrected chi connectivity index (χ4v) is 15.3. The molecule has 0 fully saturated rings. The van der Waals surface area contributed by atoms with Crippen LogP contribution in [0, 0.1) is 111 Å². The largest absolute Gasteiger partial charge is 0.309 e. The molecule has 0 N–H and O–H groups in total. The Hall–Kier alpha value is -8.98. The zero-order valence-corrected chi connectivity index (χ0v) is 52.1. The van der Waals surface area contributed by atoms with E-state index in [2.05, 4.69) is 290 Å². The van der Waals surface area contributed by atoms with Crippen LogP contribution < -0.4 is 0 Å². The van der Waals surface area contributed by atoms with Gasteiger partial charge in [-0.05, 0) is 317 Å². The summed E-state index contributed by atoms with van der Waals surface area (Å²) in [6, 6.07) is 66.0. The molecule has 0 aliphatic carbocycles. The number of hydrogen-bond acceptors (Lipinski definition) is 0. The Morgan fingerprint density at radius 2 is 0.417 bits per heavy atom. The highest BCUT2D eigenvalue weighted by molar-refractivity contribution is 6.13. The van der Waals surface area contributed by atoms with Gasteiger partial charge >= 0.3 is 0 Å². The summed E-state index contributed by atoms with van der Waals surface area (Å²) in [5, 5.41) is 5.07. The summed E-state index contributed by atoms with van der Waals surface area (Å²) in [4.78, 5) is 0. The summed E-state index contributed by atoms with van der Waals surface area (Å²) in [5.41, 5.74) is 43.3. The van der Waals surface area contributed by atoms with Crippen molar-refractivity contribution in [1.29, 1.82) is 0 Å². The van der Waals surface area contributed by atoms with Gasteiger partial charge in [0, 0.05) is 32.9 Å². The highest BCUT2D eigenvalue weighted by Gasteiger charge is 2.22. The fraction of sp³-hybridized carbons (Fsp3) is 0.195. The minimum atomic E-state index is 1.17. The van der Waals surface area contributed by atoms with E-state index in [-0.39, 0.29) is 0 Å². The number of aryl methyl sites for hydroxylation is 16. The van der Waals surface area contributed by atoms with E-state index in [0.717, 1.165) is 0 Å². The van der Waals surface area contributed by atoms with Crippen molar-refractivity contribution in [3.8, 4) is 78.1 Å². The molecule has 0 radical (unpaired) electrons. The number of hydrogen-bond donors (Lipinski definition) is 0. The summed E-state index contributed by atoms with van der Waals surface area (Å²) < 4.78 is 4.97. The van der Waals surface area contributed by atoms with Crippen LogP contribution in [0.5, 0.6) is 0 Å². The summed E-state index contributed by atoms with van der Waals surface area (Å²) in [6.07, 6.45) is 0. The minimum Gasteiger partial charge on any atom is -0.309 e. The summed E-state index contributed by atoms with van der Waals surface area (Å²) >= 11 is 0. The van der Waals surface area contributed by atoms with Crippen molar-refractivity contribution in [3.05, 3.63) is 259 Å². The molecule has 0 aliphatic rings. The van der Waals surface area contributed by atoms with Crippen LogP contribution in [-0.4, -0.2) is 9.13 Å². The second kappa shape index (κ2) is 20.4. The maximum Gasteiger partial charge on any atom is 0.0541 e. The Bertz CT molecular complexity index is 4310. The first-order valence-corrected chi connectivity index (χ1v) is 30.0. The van der Waals surface area contributed by atoms with Crippen molar-refractivity contribution in [2.24, 2.45) is 0 Å². The quantitative estimate of drug-likeness (QED) is 0.144. The van der Waals surface area contributed by atoms with Gasteiger partial charge in [-0.25, -0.2) is 0 Å². The van der Waals surface area contributed by atoms with Crippen LogP contribution in [0.2, 0.25) is 0 Å². The number of aromatic nitrogens is 2. The normalized spacial score (nSPS) is 11.8. The van der Waals surface area contributed by atoms with Gasteiger partial charge in [-0.3, -0.25) is 0 Å². The molecule has 0 aliphatic heterocycles. The molecule has 11 aromatic carbocycles. The zero-order chi connectivity index (χ0) is 58.9. The van der Waals surface area contributed by atoms with Crippen molar-refractivity contribution < 1.29 is 0 Å². The highest BCUT2D eigenvalue weighted by atomic mass is 15.0. The Balaban J connectivity index is 0.883. The van der Waals surface area contributed by atoms with Crippen LogP contribution in [-0.2, 0) is 0 Å². The third-order valence-corrected chi connectivity index (χ3v) is 18.5. The van der Waals surface area contributed by atoms with Gasteiger partial charge in [0.05, 0.1) is 22.1 Å². The van der Waals surface area contributed by atoms with Gasteiger partial charge in [0.1, 0.15) is 0 Å². The first-order chi connectivity index (χ1) is 40.2. The number of fused-ring (bicyclic) bond motifs is 6. The van der Waals surface area contributed by atoms with Crippen LogP contribution in [0.4, 0.5) is 0 Å². The summed E-state index contributed by atoms with van der Waals surface area (Å²) in [6.45, 7) is 35.9. The van der Waals surface area contributed by atoms with Gasteiger partial charge in [0.2, 0.25) is 0 Å². The molecule has 13 rings (SSSR count). The molecule has 0 spiro atoms. The van der Waals surface area contributed by atoms with Crippen LogP contribution in [0.3, 0.4) is 0 Å². The molecule has 0 unspecified atom stereocenters. The Labute approximate surface area is 497 Å². The van der Waals surface area contributed by atoms with E-state index in [1.165, 1.54) is 211 Å². The summed E-state index contributed by atoms with van der Waals surface area (Å²) in [5.74, 6) is 0. The molecule has 13 aromatic rings. The standard InChI is InChI=1S/C82H76N2/c1-45-29-53(9)79(54(10)30-45)61-17-25-75-71(41-61)72-42-62(80-55(11)31-46(2)32-56(80)12)18-26-76(72)83(75)65-21-23-67(49(5)37-65)69-39-52(8)70(40-51(69)7)68-24-22-66(38-50(68)6)84-77-27-19-63(81-57(13)33-47(3)34-58(81)14)43-73(77)74-44-64(20-28-78(74)84)82-59(15)35-48(4)36-60(82)16/h17-44H,1-16H3. The molecule has 2 nitrogen and oxygen atoms in total. The van der Waals surface area contributed by atoms with Crippen LogP contribution >= 0.6 is 0 Å². The second-order valence-corrected chi connectivity index (χ2v) is 25.2. The van der Waals surface area contributed by atoms with Gasteiger partial charge in [-0.1, -0.05) is 119 Å². The lowest BCUT2D eigenvalue weighted by atomic mass is 9.89. The predicted octanol–water partition coefficient (Wildman–Crippen LogP) is 22.8. The summed E-state index contributed by atoms with van der Waals surface area (Å²) in [7, 11) is 0. The van der Waals surface area contributed by atoms with Crippen LogP contribution in [0.1, 0.15) is 89.0 Å². The van der Waals surface area contributed by atoms with Gasteiger partial charge in [-0.15, -0.1) is 0 Å². The van der Waals surface area contributed by atoms with Crippen molar-refractivity contribution >= 4 is 43.6 Å². The smallest absolute Gasteiger partial charge is 0.0541 e. The molecule has 2 aromatic heterocycles. The average molecular weight is 1090 g/mol. The second-order valence-electron chi connectivity index (χ2n) is 25.2. The molecule has 84 heavy (non-hydrogen) atoms. The topological polar surface area (TPSA) is 9.86 Å². The monoisotopic (exact) mass is 1090 g/mol. The molecular formula is C82H76N2. The van der Waals surface area contributed by atoms with Gasteiger partial charge < -0.3 is 9.13 Å². The van der Waals surface area contributed by atoms with E-state index in [1.54, 1.807) is 0 Å². The number of nitrogens with zero attached hydrogens (tertiary/aromatic N) is 2. The van der Waals surface area contributed by atoms with Gasteiger partial charge in [-0.2, -0.15) is 0 Å². The predicted molar refractivity (Wildman–Crippen MR) is 364 cm³/mol. The average Bonchev–Trinajstić information content (AvgIpc) is 1.74. The Morgan fingerprint density at radius 3 is 0.643 bits per heavy atom. The molecule has 0 bridgehead atoms. The van der Waals surface area contributed by atoms with Crippen LogP contribution in [0.15, 0.2) is 170 Å². The van der Waals surface area contributed by atoms with Gasteiger partial charge in [0.15, 0.2) is 0 Å². The third-order valence-electron chi connectivity index (χ3n) is 18.5. The van der Waals surface area contributed by atoms with Crippen molar-refractivity contribution in [2.45, 2.75) is 111 Å². The third kappa shape index (κ3) is 9.01. The van der Waals surface area contributed by atoms with Crippen molar-refractivity contribution in [1.82, 2.24) is 9.13 Å². The van der Waals surface area contributed by atoms with E-state index in [9.17, 15) is 0 Å². The zero-order valence-electron chi connectivity index (χ0n) is 52.1. The van der Waals surface area contributed by atoms with E-state index < -0.39 is 0 Å². The Kier molecular flexibility index (Phi) is 13.2. The first kappa shape index (κ1) is 54.3. The van der Waals surface area contributed by atoms with E-state index in [0.29, 0.717) is 0 Å². The molecule has 0 saturated heterocycles. The molecule has 2 heterocycles. The maximum absolute atomic E-state index is 2.49. The lowest BCUT2D eigenvalue weighted by molar-refractivity contribution is 1.17. The van der Waals surface area contributed by atoms with E-state index >= 15 is 0 Å². The molecule has 0 amide bonds.